The third-order valence-corrected chi connectivity index (χ3v) is 2.37. The molecule has 27 heavy (non-hydrogen) atoms. The van der Waals surface area contributed by atoms with Crippen LogP contribution in [0.15, 0.2) is 0 Å². The maximum absolute atomic E-state index is 10.0. The summed E-state index contributed by atoms with van der Waals surface area (Å²) in [5.41, 5.74) is 0. The van der Waals surface area contributed by atoms with Crippen molar-refractivity contribution in [3.05, 3.63) is 0 Å². The summed E-state index contributed by atoms with van der Waals surface area (Å²) in [7, 11) is 1.73. The van der Waals surface area contributed by atoms with E-state index in [1.54, 1.807) is 21.0 Å². The van der Waals surface area contributed by atoms with Gasteiger partial charge in [-0.05, 0) is 53.9 Å². The minimum atomic E-state index is -0.995. The van der Waals surface area contributed by atoms with E-state index in [4.69, 9.17) is 4.74 Å². The van der Waals surface area contributed by atoms with E-state index in [1.807, 2.05) is 13.8 Å². The predicted octanol–water partition coefficient (Wildman–Crippen LogP) is 0.538. The summed E-state index contributed by atoms with van der Waals surface area (Å²) in [6, 6.07) is 0. The van der Waals surface area contributed by atoms with Crippen molar-refractivity contribution in [1.29, 1.82) is 0 Å². The average Bonchev–Trinajstić information content (AvgIpc) is 2.54. The molecule has 1 unspecified atom stereocenters. The van der Waals surface area contributed by atoms with Gasteiger partial charge in [-0.25, -0.2) is 0 Å². The predicted molar refractivity (Wildman–Crippen MR) is 105 cm³/mol. The summed E-state index contributed by atoms with van der Waals surface area (Å²) in [6.45, 7) is 15.8. The van der Waals surface area contributed by atoms with Crippen molar-refractivity contribution in [3.8, 4) is 0 Å². The fourth-order valence-electron chi connectivity index (χ4n) is 0.519. The van der Waals surface area contributed by atoms with E-state index in [2.05, 4.69) is 13.8 Å². The van der Waals surface area contributed by atoms with E-state index < -0.39 is 5.97 Å². The number of carbonyl (C=O) groups is 4. The molecule has 0 fully saturated rings. The second kappa shape index (κ2) is 36.4. The molecule has 0 aromatic rings. The van der Waals surface area contributed by atoms with Crippen LogP contribution in [0.1, 0.15) is 94.4 Å². The van der Waals surface area contributed by atoms with Gasteiger partial charge in [0.25, 0.3) is 0 Å². The van der Waals surface area contributed by atoms with Gasteiger partial charge in [0.05, 0.1) is 6.10 Å². The number of ketones is 3. The van der Waals surface area contributed by atoms with Crippen LogP contribution in [0, 0.1) is 0 Å². The number of carboxylic acid groups (broad SMARTS) is 1. The molecule has 0 aliphatic rings. The van der Waals surface area contributed by atoms with Crippen molar-refractivity contribution in [3.63, 3.8) is 0 Å². The van der Waals surface area contributed by atoms with Crippen molar-refractivity contribution in [2.45, 2.75) is 101 Å². The zero-order valence-electron chi connectivity index (χ0n) is 19.6. The molecule has 158 valence electrons. The minimum Gasteiger partial charge on any atom is -0.550 e. The normalized spacial score (nSPS) is 8.81. The topological polar surface area (TPSA) is 101 Å². The second-order valence-corrected chi connectivity index (χ2v) is 5.60. The van der Waals surface area contributed by atoms with Crippen LogP contribution in [-0.2, 0) is 23.9 Å². The molecule has 1 atom stereocenters. The number of hydrogen-bond acceptors (Lipinski definition) is 6. The quantitative estimate of drug-likeness (QED) is 0.603. The molecule has 6 nitrogen and oxygen atoms in total. The standard InChI is InChI=1S/C5H12O.C5H10O.C4H8O.C3H6O2.C3H6O.Na/c1-4-5(2)6-3;1-3-4-5(2)6;1-3-4(2)5;1-2-3(4)5;1-3(2)4;/h5H,4H2,1-3H3;3-4H2,1-2H3;3H2,1-2H3;2H2,1H3,(H,4,5);1-2H3;/q;;;;;+1/p-1. The molecule has 0 saturated heterocycles. The zero-order chi connectivity index (χ0) is 22.1. The molecule has 0 aromatic heterocycles. The number of carbonyl (C=O) groups excluding carboxylic acids is 4. The Balaban J connectivity index is -0.0000000509. The molecule has 0 N–H and O–H groups in total. The largest absolute Gasteiger partial charge is 1.00 e. The van der Waals surface area contributed by atoms with Gasteiger partial charge >= 0.3 is 29.6 Å². The van der Waals surface area contributed by atoms with Gasteiger partial charge in [0, 0.05) is 25.9 Å². The molecule has 7 heteroatoms. The Hall–Kier alpha value is -0.560. The van der Waals surface area contributed by atoms with E-state index in [0.29, 0.717) is 12.5 Å². The first-order valence-electron chi connectivity index (χ1n) is 9.04. The fourth-order valence-corrected chi connectivity index (χ4v) is 0.519. The Labute approximate surface area is 189 Å². The minimum absolute atomic E-state index is 0. The molecule has 0 bridgehead atoms. The van der Waals surface area contributed by atoms with E-state index >= 15 is 0 Å². The van der Waals surface area contributed by atoms with Gasteiger partial charge in [-0.1, -0.05) is 27.7 Å². The van der Waals surface area contributed by atoms with E-state index in [-0.39, 0.29) is 53.3 Å². The first-order valence-corrected chi connectivity index (χ1v) is 9.04. The number of carboxylic acids is 1. The second-order valence-electron chi connectivity index (χ2n) is 5.60. The molecule has 0 saturated carbocycles. The number of aliphatic carboxylic acids is 1. The molecule has 0 aromatic carbocycles. The van der Waals surface area contributed by atoms with Crippen LogP contribution < -0.4 is 34.7 Å². The van der Waals surface area contributed by atoms with Crippen molar-refractivity contribution < 1.29 is 58.6 Å². The number of ether oxygens (including phenoxy) is 1. The Kier molecular flexibility index (Phi) is 55.2. The van der Waals surface area contributed by atoms with E-state index in [9.17, 15) is 24.3 Å². The van der Waals surface area contributed by atoms with Crippen LogP contribution in [0.25, 0.3) is 0 Å². The number of methoxy groups -OCH3 is 1. The van der Waals surface area contributed by atoms with E-state index in [1.165, 1.54) is 20.8 Å². The van der Waals surface area contributed by atoms with Crippen molar-refractivity contribution >= 4 is 23.3 Å². The Morgan fingerprint density at radius 1 is 0.852 bits per heavy atom. The van der Waals surface area contributed by atoms with Gasteiger partial charge in [-0.3, -0.25) is 0 Å². The molecule has 0 amide bonds. The number of Topliss-reactive ketones (excluding diaryl/α,β-unsaturated/α-hetero) is 3. The molecule has 0 rings (SSSR count). The fraction of sp³-hybridized carbons (Fsp3) is 0.800. The molecule has 0 aliphatic carbocycles. The third kappa shape index (κ3) is 128. The van der Waals surface area contributed by atoms with E-state index in [0.717, 1.165) is 19.3 Å². The Morgan fingerprint density at radius 3 is 1.15 bits per heavy atom. The number of hydrogen-bond donors (Lipinski definition) is 0. The molecule has 0 aliphatic heterocycles. The maximum Gasteiger partial charge on any atom is 1.00 e. The van der Waals surface area contributed by atoms with Crippen molar-refractivity contribution in [2.24, 2.45) is 0 Å². The van der Waals surface area contributed by atoms with Crippen LogP contribution in [0.4, 0.5) is 0 Å². The Morgan fingerprint density at radius 2 is 1.15 bits per heavy atom. The number of rotatable bonds is 6. The van der Waals surface area contributed by atoms with Crippen LogP contribution in [0.3, 0.4) is 0 Å². The first-order chi connectivity index (χ1) is 11.9. The first kappa shape index (κ1) is 41.0. The summed E-state index contributed by atoms with van der Waals surface area (Å²) in [5, 5.41) is 9.26. The average molecular weight is 401 g/mol. The summed E-state index contributed by atoms with van der Waals surface area (Å²) < 4.78 is 4.90. The smallest absolute Gasteiger partial charge is 0.550 e. The van der Waals surface area contributed by atoms with Crippen LogP contribution in [0.5, 0.6) is 0 Å². The summed E-state index contributed by atoms with van der Waals surface area (Å²) in [6.07, 6.45) is 4.04. The zero-order valence-corrected chi connectivity index (χ0v) is 21.6. The third-order valence-electron chi connectivity index (χ3n) is 2.37. The van der Waals surface area contributed by atoms with Gasteiger partial charge in [0.2, 0.25) is 0 Å². The van der Waals surface area contributed by atoms with Crippen LogP contribution in [-0.4, -0.2) is 36.5 Å². The monoisotopic (exact) mass is 400 g/mol. The molecular formula is C20H41NaO6. The Bertz CT molecular complexity index is 321. The summed E-state index contributed by atoms with van der Waals surface area (Å²) in [5.74, 6) is -0.285. The van der Waals surface area contributed by atoms with Gasteiger partial charge in [-0.2, -0.15) is 0 Å². The van der Waals surface area contributed by atoms with Gasteiger partial charge in [0.1, 0.15) is 17.3 Å². The van der Waals surface area contributed by atoms with Crippen molar-refractivity contribution in [1.82, 2.24) is 0 Å². The van der Waals surface area contributed by atoms with Crippen molar-refractivity contribution in [2.75, 3.05) is 7.11 Å². The maximum atomic E-state index is 10.0. The molecule has 0 spiro atoms. The van der Waals surface area contributed by atoms with Gasteiger partial charge in [0.15, 0.2) is 0 Å². The summed E-state index contributed by atoms with van der Waals surface area (Å²) >= 11 is 0. The molecular weight excluding hydrogens is 359 g/mol. The molecule has 0 heterocycles. The van der Waals surface area contributed by atoms with Crippen LogP contribution >= 0.6 is 0 Å². The van der Waals surface area contributed by atoms with Gasteiger partial charge in [-0.15, -0.1) is 0 Å². The summed E-state index contributed by atoms with van der Waals surface area (Å²) in [4.78, 5) is 38.6. The SMILES string of the molecule is CC(C)=O.CCC(=O)[O-].CCC(C)=O.CCC(C)OC.CCCC(C)=O.[Na+]. The van der Waals surface area contributed by atoms with Crippen LogP contribution in [0.2, 0.25) is 0 Å². The van der Waals surface area contributed by atoms with Gasteiger partial charge < -0.3 is 29.0 Å². The molecule has 0 radical (unpaired) electrons.